The van der Waals surface area contributed by atoms with Crippen molar-refractivity contribution in [3.63, 3.8) is 0 Å². The first kappa shape index (κ1) is 22.5. The van der Waals surface area contributed by atoms with Crippen molar-refractivity contribution in [2.45, 2.75) is 6.92 Å². The van der Waals surface area contributed by atoms with Gasteiger partial charge in [-0.1, -0.05) is 121 Å². The van der Waals surface area contributed by atoms with Gasteiger partial charge in [-0.3, -0.25) is 4.79 Å². The zero-order chi connectivity index (χ0) is 23.1. The molecular weight excluding hydrogens is 427 g/mol. The molecule has 4 heteroatoms. The van der Waals surface area contributed by atoms with Crippen molar-refractivity contribution in [2.75, 3.05) is 6.61 Å². The van der Waals surface area contributed by atoms with Gasteiger partial charge < -0.3 is 4.74 Å². The van der Waals surface area contributed by atoms with Crippen LogP contribution in [0.15, 0.2) is 121 Å². The summed E-state index contributed by atoms with van der Waals surface area (Å²) in [7, 11) is 0. The van der Waals surface area contributed by atoms with E-state index in [1.54, 1.807) is 6.92 Å². The van der Waals surface area contributed by atoms with Gasteiger partial charge in [-0.15, -0.1) is 0 Å². The van der Waals surface area contributed by atoms with Gasteiger partial charge in [0.2, 0.25) is 0 Å². The first-order chi connectivity index (χ1) is 16.2. The molecule has 0 aliphatic carbocycles. The lowest BCUT2D eigenvalue weighted by atomic mass is 10.1. The van der Waals surface area contributed by atoms with Crippen molar-refractivity contribution in [1.29, 1.82) is 0 Å². The molecule has 0 aliphatic heterocycles. The normalized spacial score (nSPS) is 10.9. The van der Waals surface area contributed by atoms with Gasteiger partial charge >= 0.3 is 5.97 Å². The zero-order valence-electron chi connectivity index (χ0n) is 18.4. The molecule has 3 nitrogen and oxygen atoms in total. The van der Waals surface area contributed by atoms with Crippen LogP contribution in [0.2, 0.25) is 0 Å². The smallest absolute Gasteiger partial charge is 0.379 e. The number of ether oxygens (including phenoxy) is 1. The van der Waals surface area contributed by atoms with E-state index in [-0.39, 0.29) is 6.61 Å². The molecular formula is C29H25O3P. The fraction of sp³-hybridized carbons (Fsp3) is 0.0690. The van der Waals surface area contributed by atoms with E-state index < -0.39 is 18.6 Å². The van der Waals surface area contributed by atoms with E-state index in [9.17, 15) is 9.59 Å². The number of hydrogen-bond acceptors (Lipinski definition) is 3. The van der Waals surface area contributed by atoms with Gasteiger partial charge in [0, 0.05) is 5.29 Å². The van der Waals surface area contributed by atoms with Crippen molar-refractivity contribution in [3.05, 3.63) is 127 Å². The molecule has 0 spiro atoms. The lowest BCUT2D eigenvalue weighted by molar-refractivity contribution is -0.150. The van der Waals surface area contributed by atoms with E-state index in [0.29, 0.717) is 5.29 Å². The second-order valence-corrected chi connectivity index (χ2v) is 10.8. The van der Waals surface area contributed by atoms with E-state index >= 15 is 0 Å². The number of esters is 1. The van der Waals surface area contributed by atoms with Crippen molar-refractivity contribution in [1.82, 2.24) is 0 Å². The maximum atomic E-state index is 13.9. The molecule has 0 atom stereocenters. The molecule has 164 valence electrons. The second kappa shape index (κ2) is 10.3. The molecule has 0 radical (unpaired) electrons. The highest BCUT2D eigenvalue weighted by Crippen LogP contribution is 2.47. The molecule has 4 aromatic carbocycles. The van der Waals surface area contributed by atoms with Gasteiger partial charge in [0.25, 0.3) is 5.78 Å². The van der Waals surface area contributed by atoms with Crippen molar-refractivity contribution < 1.29 is 14.3 Å². The highest BCUT2D eigenvalue weighted by molar-refractivity contribution is 7.97. The van der Waals surface area contributed by atoms with Gasteiger partial charge in [0.05, 0.1) is 6.61 Å². The molecule has 0 N–H and O–H groups in total. The van der Waals surface area contributed by atoms with Crippen molar-refractivity contribution >= 4 is 39.8 Å². The van der Waals surface area contributed by atoms with Gasteiger partial charge in [-0.25, -0.2) is 4.79 Å². The topological polar surface area (TPSA) is 43.4 Å². The Hall–Kier alpha value is -3.68. The summed E-state index contributed by atoms with van der Waals surface area (Å²) in [6.07, 6.45) is 0. The molecule has 0 fully saturated rings. The van der Waals surface area contributed by atoms with Gasteiger partial charge in [0.1, 0.15) is 0 Å². The number of carbonyl (C=O) groups is 2. The molecule has 4 aromatic rings. The van der Waals surface area contributed by atoms with Crippen LogP contribution in [-0.4, -0.2) is 23.7 Å². The van der Waals surface area contributed by atoms with Crippen LogP contribution in [0.4, 0.5) is 0 Å². The monoisotopic (exact) mass is 452 g/mol. The summed E-state index contributed by atoms with van der Waals surface area (Å²) in [6.45, 7) is -0.904. The Balaban J connectivity index is 2.29. The number of hydrogen-bond donors (Lipinski definition) is 0. The van der Waals surface area contributed by atoms with E-state index in [0.717, 1.165) is 21.5 Å². The van der Waals surface area contributed by atoms with Gasteiger partial charge in [0.15, 0.2) is 0 Å². The third-order valence-corrected chi connectivity index (χ3v) is 9.84. The number of rotatable bonds is 7. The maximum absolute atomic E-state index is 13.9. The summed E-state index contributed by atoms with van der Waals surface area (Å²) < 4.78 is 5.22. The minimum atomic E-state index is -2.75. The van der Waals surface area contributed by atoms with Crippen LogP contribution < -0.4 is 15.9 Å². The minimum Gasteiger partial charge on any atom is -0.460 e. The van der Waals surface area contributed by atoms with Gasteiger partial charge in [-0.05, 0) is 35.3 Å². The van der Waals surface area contributed by atoms with Crippen LogP contribution in [0.25, 0.3) is 0 Å². The summed E-state index contributed by atoms with van der Waals surface area (Å²) in [5, 5.41) is 3.47. The largest absolute Gasteiger partial charge is 0.460 e. The first-order valence-corrected chi connectivity index (χ1v) is 12.7. The molecule has 4 rings (SSSR count). The van der Waals surface area contributed by atoms with Crippen LogP contribution in [0.3, 0.4) is 0 Å². The fourth-order valence-electron chi connectivity index (χ4n) is 4.16. The SMILES string of the molecule is CCOC(=O)C(=O)C(c1ccccc1)=P(c1ccccc1)(c1ccccc1)c1ccccc1. The molecule has 0 unspecified atom stereocenters. The average molecular weight is 452 g/mol. The average Bonchev–Trinajstić information content (AvgIpc) is 2.89. The number of benzene rings is 4. The van der Waals surface area contributed by atoms with E-state index in [4.69, 9.17) is 4.74 Å². The predicted octanol–water partition coefficient (Wildman–Crippen LogP) is 4.33. The van der Waals surface area contributed by atoms with Crippen LogP contribution >= 0.6 is 6.89 Å². The van der Waals surface area contributed by atoms with Crippen LogP contribution in [-0.2, 0) is 14.3 Å². The summed E-state index contributed by atoms with van der Waals surface area (Å²) >= 11 is 0. The molecule has 0 bridgehead atoms. The fourth-order valence-corrected chi connectivity index (χ4v) is 8.62. The number of Topliss-reactive ketones (excluding diaryl/α,β-unsaturated/α-hetero) is 1. The lowest BCUT2D eigenvalue weighted by Gasteiger charge is -2.32. The molecule has 0 aliphatic rings. The van der Waals surface area contributed by atoms with E-state index in [1.165, 1.54) is 0 Å². The molecule has 0 heterocycles. The Kier molecular flexibility index (Phi) is 7.02. The quantitative estimate of drug-likeness (QED) is 0.238. The third-order valence-electron chi connectivity index (χ3n) is 5.49. The summed E-state index contributed by atoms with van der Waals surface area (Å²) in [5.74, 6) is -1.43. The minimum absolute atomic E-state index is 0.139. The summed E-state index contributed by atoms with van der Waals surface area (Å²) in [5.41, 5.74) is 0.723. The molecule has 0 saturated carbocycles. The maximum Gasteiger partial charge on any atom is 0.379 e. The van der Waals surface area contributed by atoms with Crippen LogP contribution in [0.5, 0.6) is 0 Å². The number of carbonyl (C=O) groups excluding carboxylic acids is 2. The Morgan fingerprint density at radius 1 is 0.606 bits per heavy atom. The molecule has 0 saturated heterocycles. The lowest BCUT2D eigenvalue weighted by Crippen LogP contribution is -2.37. The second-order valence-electron chi connectivity index (χ2n) is 7.44. The van der Waals surface area contributed by atoms with Crippen LogP contribution in [0, 0.1) is 0 Å². The van der Waals surface area contributed by atoms with Gasteiger partial charge in [-0.2, -0.15) is 0 Å². The Bertz CT molecular complexity index is 1180. The summed E-state index contributed by atoms with van der Waals surface area (Å²) in [6, 6.07) is 39.6. The Morgan fingerprint density at radius 2 is 0.970 bits per heavy atom. The third kappa shape index (κ3) is 4.33. The molecule has 0 aromatic heterocycles. The molecule has 0 amide bonds. The zero-order valence-corrected chi connectivity index (χ0v) is 19.3. The van der Waals surface area contributed by atoms with Crippen LogP contribution in [0.1, 0.15) is 12.5 Å². The highest BCUT2D eigenvalue weighted by atomic mass is 31.2. The van der Waals surface area contributed by atoms with E-state index in [2.05, 4.69) is 36.4 Å². The standard InChI is InChI=1S/C29H25O3P/c1-2-32-29(31)27(30)28(23-15-7-3-8-16-23)33(24-17-9-4-10-18-24,25-19-11-5-12-20-25)26-21-13-6-14-22-26/h3-22H,2H2,1H3. The summed E-state index contributed by atoms with van der Waals surface area (Å²) in [4.78, 5) is 26.8. The Morgan fingerprint density at radius 3 is 1.33 bits per heavy atom. The highest BCUT2D eigenvalue weighted by Gasteiger charge is 2.36. The Labute approximate surface area is 194 Å². The van der Waals surface area contributed by atoms with E-state index in [1.807, 2.05) is 84.9 Å². The first-order valence-electron chi connectivity index (χ1n) is 10.9. The predicted molar refractivity (Wildman–Crippen MR) is 137 cm³/mol. The van der Waals surface area contributed by atoms with Crippen molar-refractivity contribution in [2.24, 2.45) is 0 Å². The van der Waals surface area contributed by atoms with Crippen molar-refractivity contribution in [3.8, 4) is 0 Å². The number of ketones is 1. The molecule has 33 heavy (non-hydrogen) atoms.